The minimum Gasteiger partial charge on any atom is -0.355 e. The quantitative estimate of drug-likeness (QED) is 0.570. The van der Waals surface area contributed by atoms with Crippen molar-refractivity contribution in [1.82, 2.24) is 10.2 Å². The first-order valence-corrected chi connectivity index (χ1v) is 12.6. The summed E-state index contributed by atoms with van der Waals surface area (Å²) in [4.78, 5) is 27.2. The summed E-state index contributed by atoms with van der Waals surface area (Å²) in [5, 5.41) is 3.38. The molecule has 0 spiro atoms. The predicted octanol–water partition coefficient (Wildman–Crippen LogP) is 3.62. The number of hydrogen-bond donors (Lipinski definition) is 1. The van der Waals surface area contributed by atoms with Crippen LogP contribution in [0.2, 0.25) is 10.0 Å². The molecule has 0 saturated heterocycles. The van der Waals surface area contributed by atoms with Gasteiger partial charge in [-0.3, -0.25) is 13.9 Å². The molecule has 10 heteroatoms. The van der Waals surface area contributed by atoms with Gasteiger partial charge in [0.2, 0.25) is 21.8 Å². The number of carbonyl (C=O) groups is 2. The second-order valence-electron chi connectivity index (χ2n) is 7.40. The largest absolute Gasteiger partial charge is 0.355 e. The van der Waals surface area contributed by atoms with Gasteiger partial charge >= 0.3 is 0 Å². The minimum absolute atomic E-state index is 0.0545. The van der Waals surface area contributed by atoms with Crippen LogP contribution in [0.25, 0.3) is 0 Å². The molecule has 2 rings (SSSR count). The Bertz CT molecular complexity index is 1070. The van der Waals surface area contributed by atoms with Gasteiger partial charge in [0.1, 0.15) is 12.6 Å². The zero-order chi connectivity index (χ0) is 24.1. The summed E-state index contributed by atoms with van der Waals surface area (Å²) >= 11 is 12.6. The van der Waals surface area contributed by atoms with Gasteiger partial charge in [-0.05, 0) is 50.6 Å². The summed E-state index contributed by atoms with van der Waals surface area (Å²) in [6, 6.07) is 10.9. The molecule has 0 radical (unpaired) electrons. The molecule has 2 aromatic rings. The summed E-state index contributed by atoms with van der Waals surface area (Å²) in [5.74, 6) is -0.933. The van der Waals surface area contributed by atoms with Gasteiger partial charge in [-0.15, -0.1) is 0 Å². The zero-order valence-corrected chi connectivity index (χ0v) is 20.8. The Balaban J connectivity index is 2.44. The van der Waals surface area contributed by atoms with Gasteiger partial charge in [-0.1, -0.05) is 41.4 Å². The van der Waals surface area contributed by atoms with Crippen molar-refractivity contribution in [3.8, 4) is 0 Å². The SMILES string of the molecule is CCNC(=O)C(C)N(Cc1c(Cl)cccc1Cl)C(=O)CN(c1cccc(C)c1)S(C)(=O)=O. The third-order valence-electron chi connectivity index (χ3n) is 4.88. The summed E-state index contributed by atoms with van der Waals surface area (Å²) in [6.45, 7) is 5.02. The Kier molecular flexibility index (Phi) is 8.95. The van der Waals surface area contributed by atoms with Gasteiger partial charge in [0.25, 0.3) is 0 Å². The number of rotatable bonds is 9. The first-order valence-electron chi connectivity index (χ1n) is 10.00. The highest BCUT2D eigenvalue weighted by Gasteiger charge is 2.30. The van der Waals surface area contributed by atoms with Crippen LogP contribution in [0.5, 0.6) is 0 Å². The Morgan fingerprint density at radius 3 is 2.22 bits per heavy atom. The number of halogens is 2. The lowest BCUT2D eigenvalue weighted by molar-refractivity contribution is -0.139. The predicted molar refractivity (Wildman–Crippen MR) is 129 cm³/mol. The Hall–Kier alpha value is -2.29. The van der Waals surface area contributed by atoms with Crippen molar-refractivity contribution in [3.05, 3.63) is 63.6 Å². The number of nitrogens with zero attached hydrogens (tertiary/aromatic N) is 2. The second kappa shape index (κ2) is 11.0. The summed E-state index contributed by atoms with van der Waals surface area (Å²) < 4.78 is 26.0. The Morgan fingerprint density at radius 2 is 1.69 bits per heavy atom. The first-order chi connectivity index (χ1) is 15.0. The molecule has 7 nitrogen and oxygen atoms in total. The summed E-state index contributed by atoms with van der Waals surface area (Å²) in [6.07, 6.45) is 1.03. The number of carbonyl (C=O) groups excluding carboxylic acids is 2. The highest BCUT2D eigenvalue weighted by atomic mass is 35.5. The van der Waals surface area contributed by atoms with Crippen molar-refractivity contribution in [2.75, 3.05) is 23.7 Å². The number of likely N-dealkylation sites (N-methyl/N-ethyl adjacent to an activating group) is 1. The fourth-order valence-corrected chi connectivity index (χ4v) is 4.51. The second-order valence-corrected chi connectivity index (χ2v) is 10.1. The molecule has 0 aliphatic heterocycles. The molecule has 0 heterocycles. The van der Waals surface area contributed by atoms with E-state index in [0.29, 0.717) is 27.8 Å². The van der Waals surface area contributed by atoms with E-state index in [1.807, 2.05) is 13.0 Å². The van der Waals surface area contributed by atoms with E-state index in [1.54, 1.807) is 50.2 Å². The third-order valence-corrected chi connectivity index (χ3v) is 6.73. The minimum atomic E-state index is -3.78. The number of aryl methyl sites for hydroxylation is 1. The van der Waals surface area contributed by atoms with Gasteiger partial charge in [-0.2, -0.15) is 0 Å². The molecule has 0 fully saturated rings. The van der Waals surface area contributed by atoms with E-state index < -0.39 is 28.5 Å². The van der Waals surface area contributed by atoms with Gasteiger partial charge < -0.3 is 10.2 Å². The Morgan fingerprint density at radius 1 is 1.09 bits per heavy atom. The molecule has 0 bridgehead atoms. The molecule has 0 aromatic heterocycles. The van der Waals surface area contributed by atoms with E-state index >= 15 is 0 Å². The van der Waals surface area contributed by atoms with Crippen LogP contribution in [-0.4, -0.2) is 50.5 Å². The monoisotopic (exact) mass is 499 g/mol. The summed E-state index contributed by atoms with van der Waals surface area (Å²) in [7, 11) is -3.78. The molecular weight excluding hydrogens is 473 g/mol. The average Bonchev–Trinajstić information content (AvgIpc) is 2.70. The molecule has 0 saturated carbocycles. The number of sulfonamides is 1. The van der Waals surface area contributed by atoms with E-state index in [-0.39, 0.29) is 12.5 Å². The maximum atomic E-state index is 13.4. The van der Waals surface area contributed by atoms with Gasteiger partial charge in [0, 0.05) is 28.7 Å². The van der Waals surface area contributed by atoms with E-state index in [0.717, 1.165) is 16.1 Å². The van der Waals surface area contributed by atoms with Crippen LogP contribution in [0.4, 0.5) is 5.69 Å². The molecule has 32 heavy (non-hydrogen) atoms. The molecule has 2 amide bonds. The van der Waals surface area contributed by atoms with Crippen LogP contribution in [0.3, 0.4) is 0 Å². The smallest absolute Gasteiger partial charge is 0.244 e. The molecule has 2 aromatic carbocycles. The van der Waals surface area contributed by atoms with Crippen LogP contribution in [-0.2, 0) is 26.2 Å². The van der Waals surface area contributed by atoms with Crippen molar-refractivity contribution >= 4 is 50.7 Å². The van der Waals surface area contributed by atoms with E-state index in [9.17, 15) is 18.0 Å². The van der Waals surface area contributed by atoms with Crippen molar-refractivity contribution in [3.63, 3.8) is 0 Å². The fourth-order valence-electron chi connectivity index (χ4n) is 3.16. The topological polar surface area (TPSA) is 86.8 Å². The molecule has 1 unspecified atom stereocenters. The van der Waals surface area contributed by atoms with E-state index in [1.165, 1.54) is 4.90 Å². The lowest BCUT2D eigenvalue weighted by Crippen LogP contribution is -2.51. The van der Waals surface area contributed by atoms with Crippen LogP contribution >= 0.6 is 23.2 Å². The van der Waals surface area contributed by atoms with Gasteiger partial charge in [0.15, 0.2) is 0 Å². The number of anilines is 1. The summed E-state index contributed by atoms with van der Waals surface area (Å²) in [5.41, 5.74) is 1.68. The molecule has 0 aliphatic rings. The molecule has 174 valence electrons. The zero-order valence-electron chi connectivity index (χ0n) is 18.4. The lowest BCUT2D eigenvalue weighted by Gasteiger charge is -2.32. The van der Waals surface area contributed by atoms with Crippen LogP contribution in [0.1, 0.15) is 25.0 Å². The molecule has 0 aliphatic carbocycles. The number of hydrogen-bond acceptors (Lipinski definition) is 4. The number of benzene rings is 2. The normalized spacial score (nSPS) is 12.2. The molecule has 1 atom stereocenters. The maximum absolute atomic E-state index is 13.4. The highest BCUT2D eigenvalue weighted by molar-refractivity contribution is 7.92. The van der Waals surface area contributed by atoms with E-state index in [4.69, 9.17) is 23.2 Å². The molecular formula is C22H27Cl2N3O4S. The number of nitrogens with one attached hydrogen (secondary N) is 1. The van der Waals surface area contributed by atoms with Crippen LogP contribution < -0.4 is 9.62 Å². The fraction of sp³-hybridized carbons (Fsp3) is 0.364. The Labute approximate surface area is 199 Å². The maximum Gasteiger partial charge on any atom is 0.244 e. The van der Waals surface area contributed by atoms with Crippen molar-refractivity contribution in [1.29, 1.82) is 0 Å². The third kappa shape index (κ3) is 6.60. The average molecular weight is 500 g/mol. The van der Waals surface area contributed by atoms with Crippen molar-refractivity contribution in [2.45, 2.75) is 33.4 Å². The van der Waals surface area contributed by atoms with E-state index in [2.05, 4.69) is 5.32 Å². The van der Waals surface area contributed by atoms with Crippen LogP contribution in [0.15, 0.2) is 42.5 Å². The van der Waals surface area contributed by atoms with Crippen molar-refractivity contribution < 1.29 is 18.0 Å². The highest BCUT2D eigenvalue weighted by Crippen LogP contribution is 2.27. The standard InChI is InChI=1S/C22H27Cl2N3O4S/c1-5-25-22(29)16(3)26(13-18-19(23)10-7-11-20(18)24)21(28)14-27(32(4,30)31)17-9-6-8-15(2)12-17/h6-12,16H,5,13-14H2,1-4H3,(H,25,29). The van der Waals surface area contributed by atoms with Crippen LogP contribution in [0, 0.1) is 6.92 Å². The van der Waals surface area contributed by atoms with Gasteiger partial charge in [0.05, 0.1) is 11.9 Å². The lowest BCUT2D eigenvalue weighted by atomic mass is 10.1. The molecule has 1 N–H and O–H groups in total. The van der Waals surface area contributed by atoms with Crippen molar-refractivity contribution in [2.24, 2.45) is 0 Å². The number of amides is 2. The van der Waals surface area contributed by atoms with Gasteiger partial charge in [-0.25, -0.2) is 8.42 Å². The first kappa shape index (κ1) is 26.0.